The van der Waals surface area contributed by atoms with Gasteiger partial charge in [0, 0.05) is 17.1 Å². The summed E-state index contributed by atoms with van der Waals surface area (Å²) in [6.07, 6.45) is -2.78. The van der Waals surface area contributed by atoms with Crippen LogP contribution in [0.15, 0.2) is 97.2 Å². The van der Waals surface area contributed by atoms with E-state index in [1.807, 2.05) is 91.0 Å². The molecule has 0 bridgehead atoms. The van der Waals surface area contributed by atoms with E-state index in [-0.39, 0.29) is 12.0 Å². The zero-order valence-electron chi connectivity index (χ0n) is 16.6. The molecular formula is C25H20BrF3N2. The van der Waals surface area contributed by atoms with Crippen molar-refractivity contribution in [1.29, 1.82) is 0 Å². The predicted octanol–water partition coefficient (Wildman–Crippen LogP) is 6.68. The Morgan fingerprint density at radius 2 is 1.13 bits per heavy atom. The quantitative estimate of drug-likeness (QED) is 0.220. The highest BCUT2D eigenvalue weighted by atomic mass is 79.9. The number of alkyl halides is 4. The second kappa shape index (κ2) is 8.71. The van der Waals surface area contributed by atoms with Crippen LogP contribution in [-0.2, 0) is 18.1 Å². The molecule has 0 aliphatic carbocycles. The Labute approximate surface area is 187 Å². The van der Waals surface area contributed by atoms with Gasteiger partial charge < -0.3 is 0 Å². The van der Waals surface area contributed by atoms with Crippen molar-refractivity contribution in [3.63, 3.8) is 0 Å². The average Bonchev–Trinajstić information content (AvgIpc) is 3.22. The number of nitrogens with zero attached hydrogens (tertiary/aromatic N) is 2. The van der Waals surface area contributed by atoms with Gasteiger partial charge in [0.05, 0.1) is 0 Å². The van der Waals surface area contributed by atoms with E-state index >= 15 is 0 Å². The van der Waals surface area contributed by atoms with Gasteiger partial charge in [-0.1, -0.05) is 107 Å². The fraction of sp³-hybridized carbons (Fsp3) is 0.160. The Morgan fingerprint density at radius 3 is 1.48 bits per heavy atom. The summed E-state index contributed by atoms with van der Waals surface area (Å²) in [5, 5.41) is 4.59. The van der Waals surface area contributed by atoms with Crippen LogP contribution in [0.5, 0.6) is 0 Å². The first-order valence-electron chi connectivity index (χ1n) is 9.86. The Morgan fingerprint density at radius 1 is 0.710 bits per heavy atom. The lowest BCUT2D eigenvalue weighted by Crippen LogP contribution is -2.38. The first-order valence-corrected chi connectivity index (χ1v) is 11.0. The monoisotopic (exact) mass is 484 g/mol. The summed E-state index contributed by atoms with van der Waals surface area (Å²) in [5.41, 5.74) is 0.738. The maximum atomic E-state index is 13.9. The molecule has 1 aromatic heterocycles. The number of rotatable bonds is 6. The van der Waals surface area contributed by atoms with Gasteiger partial charge in [-0.2, -0.15) is 18.3 Å². The van der Waals surface area contributed by atoms with Crippen molar-refractivity contribution in [3.8, 4) is 0 Å². The topological polar surface area (TPSA) is 17.8 Å². The minimum Gasteiger partial charge on any atom is -0.252 e. The van der Waals surface area contributed by atoms with E-state index in [1.54, 1.807) is 0 Å². The number of aryl methyl sites for hydroxylation is 1. The van der Waals surface area contributed by atoms with E-state index in [0.29, 0.717) is 5.33 Å². The lowest BCUT2D eigenvalue weighted by Gasteiger charge is -2.36. The third-order valence-corrected chi connectivity index (χ3v) is 5.74. The molecule has 3 aromatic carbocycles. The Bertz CT molecular complexity index is 1030. The third kappa shape index (κ3) is 3.92. The van der Waals surface area contributed by atoms with E-state index in [9.17, 15) is 13.2 Å². The molecule has 0 aliphatic rings. The van der Waals surface area contributed by atoms with E-state index in [0.717, 1.165) is 16.7 Å². The number of hydrogen-bond donors (Lipinski definition) is 0. The van der Waals surface area contributed by atoms with Gasteiger partial charge in [0.25, 0.3) is 0 Å². The fourth-order valence-electron chi connectivity index (χ4n) is 4.04. The van der Waals surface area contributed by atoms with Crippen molar-refractivity contribution in [3.05, 3.63) is 125 Å². The number of aromatic nitrogens is 2. The van der Waals surface area contributed by atoms with Gasteiger partial charge >= 0.3 is 6.18 Å². The highest BCUT2D eigenvalue weighted by molar-refractivity contribution is 9.09. The minimum absolute atomic E-state index is 0.163. The molecule has 2 nitrogen and oxygen atoms in total. The SMILES string of the molecule is FC(F)(F)c1nn(C(c2ccccc2)(c2ccccc2)c2ccccc2)cc1CCBr. The molecule has 0 unspecified atom stereocenters. The highest BCUT2D eigenvalue weighted by Gasteiger charge is 2.43. The van der Waals surface area contributed by atoms with Crippen molar-refractivity contribution >= 4 is 15.9 Å². The maximum absolute atomic E-state index is 13.9. The molecular weight excluding hydrogens is 465 g/mol. The predicted molar refractivity (Wildman–Crippen MR) is 119 cm³/mol. The van der Waals surface area contributed by atoms with Gasteiger partial charge in [-0.05, 0) is 23.1 Å². The first-order chi connectivity index (χ1) is 15.0. The van der Waals surface area contributed by atoms with Crippen LogP contribution in [0.25, 0.3) is 0 Å². The Kier molecular flexibility index (Phi) is 6.01. The van der Waals surface area contributed by atoms with Crippen LogP contribution < -0.4 is 0 Å². The molecule has 6 heteroatoms. The van der Waals surface area contributed by atoms with Gasteiger partial charge in [-0.15, -0.1) is 0 Å². The van der Waals surface area contributed by atoms with E-state index in [4.69, 9.17) is 0 Å². The van der Waals surface area contributed by atoms with Crippen molar-refractivity contribution in [2.75, 3.05) is 5.33 Å². The summed E-state index contributed by atoms with van der Waals surface area (Å²) in [6, 6.07) is 28.6. The summed E-state index contributed by atoms with van der Waals surface area (Å²) in [6.45, 7) is 0. The third-order valence-electron chi connectivity index (χ3n) is 5.34. The van der Waals surface area contributed by atoms with E-state index in [1.165, 1.54) is 10.9 Å². The molecule has 0 amide bonds. The molecule has 0 spiro atoms. The standard InChI is InChI=1S/C25H20BrF3N2/c26-17-16-19-18-31(30-23(19)25(27,28)29)24(20-10-4-1-5-11-20,21-12-6-2-7-13-21)22-14-8-3-9-15-22/h1-15,18H,16-17H2. The van der Waals surface area contributed by atoms with Crippen molar-refractivity contribution in [2.24, 2.45) is 0 Å². The van der Waals surface area contributed by atoms with Crippen molar-refractivity contribution in [2.45, 2.75) is 18.1 Å². The molecule has 1 heterocycles. The normalized spacial score (nSPS) is 12.1. The largest absolute Gasteiger partial charge is 0.435 e. The average molecular weight is 485 g/mol. The van der Waals surface area contributed by atoms with Crippen LogP contribution in [0.2, 0.25) is 0 Å². The second-order valence-corrected chi connectivity index (χ2v) is 7.99. The molecule has 0 saturated heterocycles. The molecule has 0 fully saturated rings. The number of halogens is 4. The molecule has 158 valence electrons. The number of hydrogen-bond acceptors (Lipinski definition) is 1. The van der Waals surface area contributed by atoms with Crippen LogP contribution in [0.4, 0.5) is 13.2 Å². The minimum atomic E-state index is -4.54. The molecule has 0 radical (unpaired) electrons. The van der Waals surface area contributed by atoms with Crippen molar-refractivity contribution < 1.29 is 13.2 Å². The highest BCUT2D eigenvalue weighted by Crippen LogP contribution is 2.42. The molecule has 4 aromatic rings. The van der Waals surface area contributed by atoms with Crippen LogP contribution >= 0.6 is 15.9 Å². The van der Waals surface area contributed by atoms with Gasteiger partial charge in [-0.25, -0.2) is 0 Å². The first kappa shape index (κ1) is 21.4. The van der Waals surface area contributed by atoms with Gasteiger partial charge in [0.15, 0.2) is 5.69 Å². The van der Waals surface area contributed by atoms with E-state index < -0.39 is 17.4 Å². The Hall–Kier alpha value is -2.86. The summed E-state index contributed by atoms with van der Waals surface area (Å²) in [4.78, 5) is 0. The molecule has 0 N–H and O–H groups in total. The van der Waals surface area contributed by atoms with Gasteiger partial charge in [-0.3, -0.25) is 4.68 Å². The molecule has 0 atom stereocenters. The van der Waals surface area contributed by atoms with Gasteiger partial charge in [0.2, 0.25) is 0 Å². The Balaban J connectivity index is 2.11. The van der Waals surface area contributed by atoms with Gasteiger partial charge in [0.1, 0.15) is 5.54 Å². The summed E-state index contributed by atoms with van der Waals surface area (Å²) >= 11 is 3.28. The van der Waals surface area contributed by atoms with Crippen LogP contribution in [0.1, 0.15) is 27.9 Å². The maximum Gasteiger partial charge on any atom is 0.435 e. The molecule has 31 heavy (non-hydrogen) atoms. The van der Waals surface area contributed by atoms with E-state index in [2.05, 4.69) is 21.0 Å². The molecule has 0 aliphatic heterocycles. The lowest BCUT2D eigenvalue weighted by molar-refractivity contribution is -0.142. The molecule has 0 saturated carbocycles. The summed E-state index contributed by atoms with van der Waals surface area (Å²) < 4.78 is 43.1. The molecule has 4 rings (SSSR count). The zero-order chi connectivity index (χ0) is 21.9. The summed E-state index contributed by atoms with van der Waals surface area (Å²) in [5.74, 6) is 0. The zero-order valence-corrected chi connectivity index (χ0v) is 18.1. The van der Waals surface area contributed by atoms with Crippen molar-refractivity contribution in [1.82, 2.24) is 9.78 Å². The lowest BCUT2D eigenvalue weighted by atomic mass is 9.77. The van der Waals surface area contributed by atoms with Crippen LogP contribution in [-0.4, -0.2) is 15.1 Å². The smallest absolute Gasteiger partial charge is 0.252 e. The second-order valence-electron chi connectivity index (χ2n) is 7.19. The van der Waals surface area contributed by atoms with Crippen LogP contribution in [0, 0.1) is 0 Å². The summed E-state index contributed by atoms with van der Waals surface area (Å²) in [7, 11) is 0. The number of benzene rings is 3. The fourth-order valence-corrected chi connectivity index (χ4v) is 4.47. The van der Waals surface area contributed by atoms with Crippen LogP contribution in [0.3, 0.4) is 0 Å².